The van der Waals surface area contributed by atoms with Crippen LogP contribution in [-0.4, -0.2) is 41.3 Å². The standard InChI is InChI=1S/C23H25N3O3S/c1-16(27)24-14-17-10-12-26(13-11-17)22(28)19-7-3-2-6-18(19)15-30-23-25-20-8-4-5-9-21(20)29-23/h2-9,17H,10-15H2,1H3,(H,24,27). The normalized spacial score (nSPS) is 14.8. The van der Waals surface area contributed by atoms with Gasteiger partial charge >= 0.3 is 0 Å². The molecular formula is C23H25N3O3S. The van der Waals surface area contributed by atoms with Crippen molar-refractivity contribution < 1.29 is 14.0 Å². The maximum Gasteiger partial charge on any atom is 0.257 e. The molecule has 1 N–H and O–H groups in total. The van der Waals surface area contributed by atoms with Crippen LogP contribution in [0.3, 0.4) is 0 Å². The lowest BCUT2D eigenvalue weighted by Crippen LogP contribution is -2.41. The molecule has 4 rings (SSSR count). The number of amides is 2. The molecule has 0 bridgehead atoms. The molecule has 6 nitrogen and oxygen atoms in total. The number of rotatable bonds is 6. The molecule has 1 saturated heterocycles. The summed E-state index contributed by atoms with van der Waals surface area (Å²) in [5, 5.41) is 3.49. The molecule has 3 aromatic rings. The number of benzene rings is 2. The Hall–Kier alpha value is -2.80. The van der Waals surface area contributed by atoms with Crippen molar-refractivity contribution in [1.82, 2.24) is 15.2 Å². The minimum Gasteiger partial charge on any atom is -0.431 e. The van der Waals surface area contributed by atoms with Gasteiger partial charge in [-0.1, -0.05) is 42.1 Å². The highest BCUT2D eigenvalue weighted by Gasteiger charge is 2.25. The van der Waals surface area contributed by atoms with Gasteiger partial charge in [-0.15, -0.1) is 0 Å². The Bertz CT molecular complexity index is 1010. The average Bonchev–Trinajstić information content (AvgIpc) is 3.19. The molecule has 0 saturated carbocycles. The van der Waals surface area contributed by atoms with Crippen LogP contribution in [-0.2, 0) is 10.5 Å². The zero-order valence-electron chi connectivity index (χ0n) is 17.0. The second-order valence-electron chi connectivity index (χ2n) is 7.57. The maximum absolute atomic E-state index is 13.2. The summed E-state index contributed by atoms with van der Waals surface area (Å²) in [5.41, 5.74) is 3.33. The zero-order chi connectivity index (χ0) is 20.9. The first-order chi connectivity index (χ1) is 14.6. The van der Waals surface area contributed by atoms with E-state index in [1.807, 2.05) is 53.4 Å². The van der Waals surface area contributed by atoms with Gasteiger partial charge < -0.3 is 14.6 Å². The van der Waals surface area contributed by atoms with Gasteiger partial charge in [-0.2, -0.15) is 0 Å². The molecule has 0 atom stereocenters. The summed E-state index contributed by atoms with van der Waals surface area (Å²) in [5.74, 6) is 1.12. The summed E-state index contributed by atoms with van der Waals surface area (Å²) in [6, 6.07) is 15.4. The lowest BCUT2D eigenvalue weighted by Gasteiger charge is -2.32. The Morgan fingerprint density at radius 2 is 1.87 bits per heavy atom. The second kappa shape index (κ2) is 9.34. The van der Waals surface area contributed by atoms with Crippen LogP contribution in [0.25, 0.3) is 11.1 Å². The number of thioether (sulfide) groups is 1. The molecule has 1 aliphatic rings. The van der Waals surface area contributed by atoms with E-state index >= 15 is 0 Å². The number of carbonyl (C=O) groups is 2. The monoisotopic (exact) mass is 423 g/mol. The first-order valence-corrected chi connectivity index (χ1v) is 11.2. The van der Waals surface area contributed by atoms with E-state index in [4.69, 9.17) is 4.42 Å². The van der Waals surface area contributed by atoms with Gasteiger partial charge in [0.1, 0.15) is 5.52 Å². The van der Waals surface area contributed by atoms with Gasteiger partial charge in [0.05, 0.1) is 0 Å². The predicted molar refractivity (Wildman–Crippen MR) is 117 cm³/mol. The molecule has 30 heavy (non-hydrogen) atoms. The molecule has 0 spiro atoms. The van der Waals surface area contributed by atoms with Gasteiger partial charge in [-0.25, -0.2) is 4.98 Å². The third-order valence-electron chi connectivity index (χ3n) is 5.41. The van der Waals surface area contributed by atoms with E-state index < -0.39 is 0 Å². The molecule has 2 aromatic carbocycles. The van der Waals surface area contributed by atoms with Crippen molar-refractivity contribution in [1.29, 1.82) is 0 Å². The highest BCUT2D eigenvalue weighted by molar-refractivity contribution is 7.98. The molecule has 0 unspecified atom stereocenters. The number of hydrogen-bond acceptors (Lipinski definition) is 5. The third kappa shape index (κ3) is 4.84. The van der Waals surface area contributed by atoms with Gasteiger partial charge in [-0.05, 0) is 42.5 Å². The lowest BCUT2D eigenvalue weighted by molar-refractivity contribution is -0.119. The van der Waals surface area contributed by atoms with Gasteiger partial charge in [-0.3, -0.25) is 9.59 Å². The minimum atomic E-state index is -0.00104. The fraction of sp³-hybridized carbons (Fsp3) is 0.348. The van der Waals surface area contributed by atoms with Crippen LogP contribution in [0.15, 0.2) is 58.2 Å². The number of oxazole rings is 1. The number of carbonyl (C=O) groups excluding carboxylic acids is 2. The van der Waals surface area contributed by atoms with Crippen LogP contribution in [0.2, 0.25) is 0 Å². The number of likely N-dealkylation sites (tertiary alicyclic amines) is 1. The molecule has 156 valence electrons. The fourth-order valence-electron chi connectivity index (χ4n) is 3.71. The van der Waals surface area contributed by atoms with Crippen LogP contribution in [0.1, 0.15) is 35.7 Å². The SMILES string of the molecule is CC(=O)NCC1CCN(C(=O)c2ccccc2CSc2nc3ccccc3o2)CC1. The summed E-state index contributed by atoms with van der Waals surface area (Å²) >= 11 is 1.50. The molecule has 1 aromatic heterocycles. The molecule has 0 aliphatic carbocycles. The summed E-state index contributed by atoms with van der Waals surface area (Å²) in [6.45, 7) is 3.66. The molecule has 7 heteroatoms. The summed E-state index contributed by atoms with van der Waals surface area (Å²) in [6.07, 6.45) is 1.82. The van der Waals surface area contributed by atoms with E-state index in [9.17, 15) is 9.59 Å². The Morgan fingerprint density at radius 1 is 1.13 bits per heavy atom. The van der Waals surface area contributed by atoms with Crippen molar-refractivity contribution in [2.75, 3.05) is 19.6 Å². The highest BCUT2D eigenvalue weighted by Crippen LogP contribution is 2.28. The van der Waals surface area contributed by atoms with E-state index in [1.54, 1.807) is 0 Å². The minimum absolute atomic E-state index is 0.00104. The summed E-state index contributed by atoms with van der Waals surface area (Å²) in [7, 11) is 0. The Balaban J connectivity index is 1.39. The second-order valence-corrected chi connectivity index (χ2v) is 8.49. The number of para-hydroxylation sites is 2. The van der Waals surface area contributed by atoms with Crippen LogP contribution in [0.4, 0.5) is 0 Å². The molecule has 2 heterocycles. The number of fused-ring (bicyclic) bond motifs is 1. The Labute approximate surface area is 180 Å². The summed E-state index contributed by atoms with van der Waals surface area (Å²) in [4.78, 5) is 30.7. The first-order valence-electron chi connectivity index (χ1n) is 10.2. The van der Waals surface area contributed by atoms with E-state index in [2.05, 4.69) is 10.3 Å². The van der Waals surface area contributed by atoms with Gasteiger partial charge in [0.15, 0.2) is 5.58 Å². The lowest BCUT2D eigenvalue weighted by atomic mass is 9.96. The smallest absolute Gasteiger partial charge is 0.257 e. The van der Waals surface area contributed by atoms with Crippen LogP contribution < -0.4 is 5.32 Å². The predicted octanol–water partition coefficient (Wildman–Crippen LogP) is 4.11. The molecule has 2 amide bonds. The van der Waals surface area contributed by atoms with E-state index in [1.165, 1.54) is 18.7 Å². The average molecular weight is 424 g/mol. The van der Waals surface area contributed by atoms with Crippen LogP contribution in [0.5, 0.6) is 0 Å². The maximum atomic E-state index is 13.2. The Kier molecular flexibility index (Phi) is 6.38. The van der Waals surface area contributed by atoms with Crippen molar-refractivity contribution in [3.63, 3.8) is 0 Å². The number of hydrogen-bond donors (Lipinski definition) is 1. The molecule has 1 aliphatic heterocycles. The quantitative estimate of drug-likeness (QED) is 0.604. The Morgan fingerprint density at radius 3 is 2.63 bits per heavy atom. The fourth-order valence-corrected chi connectivity index (χ4v) is 4.55. The van der Waals surface area contributed by atoms with Crippen molar-refractivity contribution in [2.24, 2.45) is 5.92 Å². The number of nitrogens with zero attached hydrogens (tertiary/aromatic N) is 2. The highest BCUT2D eigenvalue weighted by atomic mass is 32.2. The molecule has 0 radical (unpaired) electrons. The van der Waals surface area contributed by atoms with Gasteiger partial charge in [0.25, 0.3) is 11.1 Å². The largest absolute Gasteiger partial charge is 0.431 e. The topological polar surface area (TPSA) is 75.4 Å². The molecular weight excluding hydrogens is 398 g/mol. The third-order valence-corrected chi connectivity index (χ3v) is 6.29. The first kappa shape index (κ1) is 20.5. The van der Waals surface area contributed by atoms with Crippen molar-refractivity contribution in [3.05, 3.63) is 59.7 Å². The van der Waals surface area contributed by atoms with Crippen LogP contribution >= 0.6 is 11.8 Å². The van der Waals surface area contributed by atoms with E-state index in [0.717, 1.165) is 48.2 Å². The zero-order valence-corrected chi connectivity index (χ0v) is 17.8. The van der Waals surface area contributed by atoms with E-state index in [-0.39, 0.29) is 11.8 Å². The molecule has 1 fully saturated rings. The van der Waals surface area contributed by atoms with Crippen molar-refractivity contribution in [3.8, 4) is 0 Å². The van der Waals surface area contributed by atoms with Crippen LogP contribution in [0, 0.1) is 5.92 Å². The number of piperidine rings is 1. The van der Waals surface area contributed by atoms with E-state index in [0.29, 0.717) is 23.4 Å². The number of nitrogens with one attached hydrogen (secondary N) is 1. The number of aromatic nitrogens is 1. The van der Waals surface area contributed by atoms with Crippen molar-refractivity contribution in [2.45, 2.75) is 30.7 Å². The van der Waals surface area contributed by atoms with Gasteiger partial charge in [0, 0.05) is 37.9 Å². The van der Waals surface area contributed by atoms with Crippen molar-refractivity contribution >= 4 is 34.7 Å². The summed E-state index contributed by atoms with van der Waals surface area (Å²) < 4.78 is 5.78. The van der Waals surface area contributed by atoms with Gasteiger partial charge in [0.2, 0.25) is 5.91 Å².